The zero-order chi connectivity index (χ0) is 21.1. The quantitative estimate of drug-likeness (QED) is 0.616. The minimum Gasteiger partial charge on any atom is -0.497 e. The number of hydrogen-bond acceptors (Lipinski definition) is 7. The predicted octanol–water partition coefficient (Wildman–Crippen LogP) is 2.35. The van der Waals surface area contributed by atoms with Gasteiger partial charge in [0, 0.05) is 26.2 Å². The molecule has 0 spiro atoms. The molecule has 3 heterocycles. The number of ether oxygens (including phenoxy) is 1. The first-order chi connectivity index (χ1) is 14.6. The highest BCUT2D eigenvalue weighted by atomic mass is 16.5. The number of furan rings is 1. The van der Waals surface area contributed by atoms with E-state index in [1.165, 1.54) is 6.26 Å². The smallest absolute Gasteiger partial charge is 0.289 e. The lowest BCUT2D eigenvalue weighted by atomic mass is 9.94. The third kappa shape index (κ3) is 3.56. The molecule has 158 valence electrons. The van der Waals surface area contributed by atoms with Gasteiger partial charge in [-0.2, -0.15) is 4.68 Å². The van der Waals surface area contributed by atoms with E-state index in [9.17, 15) is 4.79 Å². The van der Waals surface area contributed by atoms with E-state index >= 15 is 0 Å². The van der Waals surface area contributed by atoms with Crippen LogP contribution in [0.25, 0.3) is 5.69 Å². The van der Waals surface area contributed by atoms with E-state index in [0.717, 1.165) is 36.8 Å². The number of tetrazole rings is 1. The first-order valence-electron chi connectivity index (χ1n) is 10.1. The summed E-state index contributed by atoms with van der Waals surface area (Å²) in [5.41, 5.74) is 0.505. The largest absolute Gasteiger partial charge is 0.497 e. The summed E-state index contributed by atoms with van der Waals surface area (Å²) < 4.78 is 12.3. The second kappa shape index (κ2) is 8.27. The second-order valence-corrected chi connectivity index (χ2v) is 7.50. The lowest BCUT2D eigenvalue weighted by Gasteiger charge is -2.44. The van der Waals surface area contributed by atoms with E-state index in [1.807, 2.05) is 29.2 Å². The average Bonchev–Trinajstić information content (AvgIpc) is 3.51. The van der Waals surface area contributed by atoms with Crippen molar-refractivity contribution in [2.45, 2.75) is 25.8 Å². The van der Waals surface area contributed by atoms with Crippen molar-refractivity contribution in [3.05, 3.63) is 54.2 Å². The monoisotopic (exact) mass is 410 g/mol. The van der Waals surface area contributed by atoms with Crippen molar-refractivity contribution in [2.24, 2.45) is 0 Å². The van der Waals surface area contributed by atoms with Crippen molar-refractivity contribution in [1.82, 2.24) is 30.0 Å². The van der Waals surface area contributed by atoms with Crippen molar-refractivity contribution in [2.75, 3.05) is 33.3 Å². The van der Waals surface area contributed by atoms with Gasteiger partial charge in [-0.25, -0.2) is 0 Å². The van der Waals surface area contributed by atoms with Crippen LogP contribution in [0, 0.1) is 0 Å². The van der Waals surface area contributed by atoms with Crippen LogP contribution in [-0.4, -0.2) is 69.2 Å². The molecule has 0 N–H and O–H groups in total. The molecule has 1 fully saturated rings. The van der Waals surface area contributed by atoms with Gasteiger partial charge in [-0.1, -0.05) is 6.92 Å². The van der Waals surface area contributed by atoms with Gasteiger partial charge < -0.3 is 14.1 Å². The Bertz CT molecular complexity index is 977. The molecule has 30 heavy (non-hydrogen) atoms. The van der Waals surface area contributed by atoms with Crippen LogP contribution >= 0.6 is 0 Å². The topological polar surface area (TPSA) is 89.5 Å². The lowest BCUT2D eigenvalue weighted by molar-refractivity contribution is 0.0251. The van der Waals surface area contributed by atoms with E-state index in [0.29, 0.717) is 18.8 Å². The van der Waals surface area contributed by atoms with Gasteiger partial charge >= 0.3 is 0 Å². The number of amides is 1. The summed E-state index contributed by atoms with van der Waals surface area (Å²) in [5, 5.41) is 12.6. The van der Waals surface area contributed by atoms with Crippen LogP contribution in [0.3, 0.4) is 0 Å². The van der Waals surface area contributed by atoms with Crippen molar-refractivity contribution >= 4 is 5.91 Å². The molecule has 1 aliphatic rings. The maximum absolute atomic E-state index is 12.6. The van der Waals surface area contributed by atoms with Gasteiger partial charge in [-0.05, 0) is 60.2 Å². The lowest BCUT2D eigenvalue weighted by Crippen LogP contribution is -2.56. The Labute approximate surface area is 175 Å². The number of hydrogen-bond donors (Lipinski definition) is 0. The highest BCUT2D eigenvalue weighted by Crippen LogP contribution is 2.32. The second-order valence-electron chi connectivity index (χ2n) is 7.50. The Balaban J connectivity index is 1.54. The molecule has 1 amide bonds. The highest BCUT2D eigenvalue weighted by Gasteiger charge is 2.40. The summed E-state index contributed by atoms with van der Waals surface area (Å²) in [6, 6.07) is 11.1. The average molecular weight is 410 g/mol. The van der Waals surface area contributed by atoms with Crippen LogP contribution < -0.4 is 4.74 Å². The fraction of sp³-hybridized carbons (Fsp3) is 0.429. The molecule has 9 heteroatoms. The molecule has 1 aliphatic heterocycles. The summed E-state index contributed by atoms with van der Waals surface area (Å²) in [4.78, 5) is 16.8. The van der Waals surface area contributed by atoms with Crippen LogP contribution in [0.15, 0.2) is 47.1 Å². The number of benzene rings is 1. The molecule has 2 aromatic heterocycles. The van der Waals surface area contributed by atoms with Crippen molar-refractivity contribution in [3.63, 3.8) is 0 Å². The van der Waals surface area contributed by atoms with Crippen LogP contribution in [0.5, 0.6) is 5.75 Å². The number of carbonyl (C=O) groups excluding carboxylic acids is 1. The van der Waals surface area contributed by atoms with Crippen molar-refractivity contribution in [1.29, 1.82) is 0 Å². The van der Waals surface area contributed by atoms with Crippen LogP contribution in [0.4, 0.5) is 0 Å². The summed E-state index contributed by atoms with van der Waals surface area (Å²) in [6.07, 6.45) is 2.35. The van der Waals surface area contributed by atoms with Gasteiger partial charge in [0.05, 0.1) is 24.6 Å². The first kappa shape index (κ1) is 20.1. The maximum atomic E-state index is 12.6. The summed E-state index contributed by atoms with van der Waals surface area (Å²) in [7, 11) is 1.64. The molecule has 4 rings (SSSR count). The number of carbonyl (C=O) groups is 1. The molecular weight excluding hydrogens is 384 g/mol. The van der Waals surface area contributed by atoms with Gasteiger partial charge in [0.25, 0.3) is 5.91 Å². The minimum atomic E-state index is -0.372. The Morgan fingerprint density at radius 2 is 1.90 bits per heavy atom. The molecule has 0 unspecified atom stereocenters. The zero-order valence-corrected chi connectivity index (χ0v) is 17.5. The molecule has 3 aromatic rings. The number of rotatable bonds is 6. The fourth-order valence-corrected chi connectivity index (χ4v) is 3.90. The molecule has 1 atom stereocenters. The molecule has 9 nitrogen and oxygen atoms in total. The van der Waals surface area contributed by atoms with Crippen LogP contribution in [0.2, 0.25) is 0 Å². The van der Waals surface area contributed by atoms with Gasteiger partial charge in [0.1, 0.15) is 5.75 Å². The summed E-state index contributed by atoms with van der Waals surface area (Å²) in [6.45, 7) is 6.99. The van der Waals surface area contributed by atoms with E-state index < -0.39 is 0 Å². The molecule has 1 saturated heterocycles. The van der Waals surface area contributed by atoms with Crippen LogP contribution in [-0.2, 0) is 5.54 Å². The Hall–Kier alpha value is -3.20. The van der Waals surface area contributed by atoms with E-state index in [-0.39, 0.29) is 11.4 Å². The maximum Gasteiger partial charge on any atom is 0.289 e. The molecule has 1 aromatic carbocycles. The van der Waals surface area contributed by atoms with Crippen molar-refractivity contribution in [3.8, 4) is 11.4 Å². The van der Waals surface area contributed by atoms with Crippen molar-refractivity contribution < 1.29 is 13.9 Å². The third-order valence-corrected chi connectivity index (χ3v) is 5.95. The standard InChI is InChI=1S/C21H26N6O3/c1-4-21(2,20-22-23-24-27(20)16-7-9-17(29-3)10-8-16)26-13-11-25(12-14-26)19(28)18-6-5-15-30-18/h5-10,15H,4,11-14H2,1-3H3/t21-/m1/s1. The normalized spacial score (nSPS) is 17.0. The number of piperazine rings is 1. The van der Waals surface area contributed by atoms with E-state index in [4.69, 9.17) is 9.15 Å². The Kier molecular flexibility index (Phi) is 5.54. The molecule has 0 radical (unpaired) electrons. The SMILES string of the molecule is CC[C@](C)(c1nnnn1-c1ccc(OC)cc1)N1CCN(C(=O)c2ccco2)CC1. The highest BCUT2D eigenvalue weighted by molar-refractivity contribution is 5.91. The Morgan fingerprint density at radius 3 is 2.50 bits per heavy atom. The Morgan fingerprint density at radius 1 is 1.17 bits per heavy atom. The number of methoxy groups -OCH3 is 1. The number of aromatic nitrogens is 4. The molecule has 0 saturated carbocycles. The molecule has 0 aliphatic carbocycles. The van der Waals surface area contributed by atoms with Gasteiger partial charge in [-0.15, -0.1) is 5.10 Å². The molecule has 0 bridgehead atoms. The first-order valence-corrected chi connectivity index (χ1v) is 10.1. The van der Waals surface area contributed by atoms with E-state index in [1.54, 1.807) is 23.9 Å². The molecular formula is C21H26N6O3. The van der Waals surface area contributed by atoms with Gasteiger partial charge in [0.2, 0.25) is 0 Å². The van der Waals surface area contributed by atoms with Gasteiger partial charge in [-0.3, -0.25) is 9.69 Å². The predicted molar refractivity (Wildman–Crippen MR) is 110 cm³/mol. The fourth-order valence-electron chi connectivity index (χ4n) is 3.90. The van der Waals surface area contributed by atoms with Crippen LogP contribution in [0.1, 0.15) is 36.6 Å². The van der Waals surface area contributed by atoms with E-state index in [2.05, 4.69) is 34.3 Å². The third-order valence-electron chi connectivity index (χ3n) is 5.95. The minimum absolute atomic E-state index is 0.0686. The number of nitrogens with zero attached hydrogens (tertiary/aromatic N) is 6. The van der Waals surface area contributed by atoms with Gasteiger partial charge in [0.15, 0.2) is 11.6 Å². The zero-order valence-electron chi connectivity index (χ0n) is 17.5. The summed E-state index contributed by atoms with van der Waals surface area (Å²) >= 11 is 0. The summed E-state index contributed by atoms with van der Waals surface area (Å²) in [5.74, 6) is 1.87.